The molecule has 1 aromatic carbocycles. The van der Waals surface area contributed by atoms with Gasteiger partial charge < -0.3 is 10.1 Å². The molecule has 112 valence electrons. The number of nitrogens with zero attached hydrogens (tertiary/aromatic N) is 2. The second-order valence-electron chi connectivity index (χ2n) is 4.51. The van der Waals surface area contributed by atoms with Crippen LogP contribution in [0, 0.1) is 0 Å². The Labute approximate surface area is 138 Å². The molecular formula is C15H17BrClN3O. The third-order valence-corrected chi connectivity index (χ3v) is 4.25. The molecule has 4 nitrogen and oxygen atoms in total. The van der Waals surface area contributed by atoms with E-state index in [1.54, 1.807) is 19.5 Å². The number of ether oxygens (including phenoxy) is 1. The minimum Gasteiger partial charge on any atom is -0.480 e. The van der Waals surface area contributed by atoms with Crippen LogP contribution in [0.1, 0.15) is 30.6 Å². The molecule has 2 rings (SSSR count). The van der Waals surface area contributed by atoms with Crippen LogP contribution in [0.15, 0.2) is 35.1 Å². The van der Waals surface area contributed by atoms with Gasteiger partial charge in [-0.05, 0) is 46.6 Å². The van der Waals surface area contributed by atoms with Crippen LogP contribution in [-0.4, -0.2) is 23.6 Å². The Morgan fingerprint density at radius 2 is 2.10 bits per heavy atom. The molecule has 0 aliphatic heterocycles. The van der Waals surface area contributed by atoms with Gasteiger partial charge >= 0.3 is 0 Å². The average molecular weight is 371 g/mol. The van der Waals surface area contributed by atoms with E-state index in [1.807, 2.05) is 18.2 Å². The molecule has 1 atom stereocenters. The maximum atomic E-state index is 6.07. The molecule has 0 amide bonds. The van der Waals surface area contributed by atoms with Crippen molar-refractivity contribution in [3.05, 3.63) is 51.3 Å². The van der Waals surface area contributed by atoms with E-state index in [1.165, 1.54) is 0 Å². The van der Waals surface area contributed by atoms with E-state index in [0.29, 0.717) is 10.9 Å². The number of aromatic nitrogens is 2. The lowest BCUT2D eigenvalue weighted by Gasteiger charge is -2.20. The molecule has 1 aromatic heterocycles. The topological polar surface area (TPSA) is 47.0 Å². The lowest BCUT2D eigenvalue weighted by molar-refractivity contribution is 0.382. The summed E-state index contributed by atoms with van der Waals surface area (Å²) in [6.07, 6.45) is 4.31. The van der Waals surface area contributed by atoms with Gasteiger partial charge in [-0.1, -0.05) is 24.6 Å². The van der Waals surface area contributed by atoms with Crippen LogP contribution in [0.5, 0.6) is 5.88 Å². The van der Waals surface area contributed by atoms with Gasteiger partial charge in [0.05, 0.1) is 18.2 Å². The summed E-state index contributed by atoms with van der Waals surface area (Å²) in [5, 5.41) is 4.16. The van der Waals surface area contributed by atoms with Gasteiger partial charge in [0, 0.05) is 16.9 Å². The Bertz CT molecular complexity index is 609. The first-order valence-electron chi connectivity index (χ1n) is 6.70. The van der Waals surface area contributed by atoms with Crippen molar-refractivity contribution in [1.29, 1.82) is 0 Å². The van der Waals surface area contributed by atoms with E-state index in [4.69, 9.17) is 16.3 Å². The summed E-state index contributed by atoms with van der Waals surface area (Å²) in [7, 11) is 1.60. The summed E-state index contributed by atoms with van der Waals surface area (Å²) in [5.41, 5.74) is 1.82. The fraction of sp³-hybridized carbons (Fsp3) is 0.333. The number of benzene rings is 1. The summed E-state index contributed by atoms with van der Waals surface area (Å²) in [6, 6.07) is 5.74. The van der Waals surface area contributed by atoms with Crippen molar-refractivity contribution in [2.75, 3.05) is 13.7 Å². The van der Waals surface area contributed by atoms with E-state index in [-0.39, 0.29) is 6.04 Å². The molecule has 2 aromatic rings. The molecule has 1 heterocycles. The third-order valence-electron chi connectivity index (χ3n) is 3.03. The van der Waals surface area contributed by atoms with Crippen molar-refractivity contribution >= 4 is 27.5 Å². The maximum absolute atomic E-state index is 6.07. The molecule has 6 heteroatoms. The first-order valence-corrected chi connectivity index (χ1v) is 7.87. The van der Waals surface area contributed by atoms with Gasteiger partial charge in [-0.2, -0.15) is 0 Å². The number of halogens is 2. The van der Waals surface area contributed by atoms with E-state index >= 15 is 0 Å². The first-order chi connectivity index (χ1) is 10.2. The van der Waals surface area contributed by atoms with Gasteiger partial charge in [-0.15, -0.1) is 0 Å². The van der Waals surface area contributed by atoms with Crippen LogP contribution in [0.3, 0.4) is 0 Å². The number of methoxy groups -OCH3 is 1. The molecule has 21 heavy (non-hydrogen) atoms. The molecule has 0 aliphatic carbocycles. The zero-order valence-corrected chi connectivity index (χ0v) is 14.3. The van der Waals surface area contributed by atoms with Crippen molar-refractivity contribution in [2.24, 2.45) is 0 Å². The van der Waals surface area contributed by atoms with Crippen LogP contribution in [0.25, 0.3) is 0 Å². The minimum atomic E-state index is -0.0952. The predicted molar refractivity (Wildman–Crippen MR) is 87.9 cm³/mol. The van der Waals surface area contributed by atoms with Crippen LogP contribution < -0.4 is 10.1 Å². The zero-order chi connectivity index (χ0) is 15.2. The fourth-order valence-corrected chi connectivity index (χ4v) is 2.56. The average Bonchev–Trinajstić information content (AvgIpc) is 2.51. The van der Waals surface area contributed by atoms with Crippen LogP contribution in [0.2, 0.25) is 5.02 Å². The molecule has 0 fully saturated rings. The third kappa shape index (κ3) is 3.93. The quantitative estimate of drug-likeness (QED) is 0.835. The summed E-state index contributed by atoms with van der Waals surface area (Å²) < 4.78 is 6.18. The Hall–Kier alpha value is -1.17. The van der Waals surface area contributed by atoms with Crippen molar-refractivity contribution in [1.82, 2.24) is 15.3 Å². The Balaban J connectivity index is 2.44. The summed E-state index contributed by atoms with van der Waals surface area (Å²) in [5.74, 6) is 0.525. The molecule has 1 N–H and O–H groups in total. The normalized spacial score (nSPS) is 12.2. The SMILES string of the molecule is CCCNC(c1ccc(Cl)c(Br)c1)c1nccnc1OC. The van der Waals surface area contributed by atoms with Crippen LogP contribution in [-0.2, 0) is 0 Å². The molecule has 0 aliphatic rings. The van der Waals surface area contributed by atoms with Crippen molar-refractivity contribution in [3.8, 4) is 5.88 Å². The number of hydrogen-bond donors (Lipinski definition) is 1. The summed E-state index contributed by atoms with van der Waals surface area (Å²) >= 11 is 9.54. The fourth-order valence-electron chi connectivity index (χ4n) is 2.04. The van der Waals surface area contributed by atoms with E-state index in [9.17, 15) is 0 Å². The highest BCUT2D eigenvalue weighted by Gasteiger charge is 2.20. The first kappa shape index (κ1) is 16.2. The lowest BCUT2D eigenvalue weighted by Crippen LogP contribution is -2.25. The lowest BCUT2D eigenvalue weighted by atomic mass is 10.0. The molecule has 0 radical (unpaired) electrons. The molecule has 0 spiro atoms. The Morgan fingerprint density at radius 1 is 1.33 bits per heavy atom. The van der Waals surface area contributed by atoms with E-state index in [2.05, 4.69) is 38.1 Å². The van der Waals surface area contributed by atoms with Crippen molar-refractivity contribution in [2.45, 2.75) is 19.4 Å². The second kappa shape index (κ2) is 7.73. The van der Waals surface area contributed by atoms with Gasteiger partial charge in [-0.3, -0.25) is 4.98 Å². The highest BCUT2D eigenvalue weighted by molar-refractivity contribution is 9.10. The van der Waals surface area contributed by atoms with Gasteiger partial charge in [0.15, 0.2) is 0 Å². The Morgan fingerprint density at radius 3 is 2.76 bits per heavy atom. The smallest absolute Gasteiger partial charge is 0.237 e. The van der Waals surface area contributed by atoms with Gasteiger partial charge in [-0.25, -0.2) is 4.98 Å². The molecule has 1 unspecified atom stereocenters. The minimum absolute atomic E-state index is 0.0952. The van der Waals surface area contributed by atoms with Gasteiger partial charge in [0.1, 0.15) is 5.69 Å². The molecule has 0 bridgehead atoms. The van der Waals surface area contributed by atoms with Crippen LogP contribution in [0.4, 0.5) is 0 Å². The van der Waals surface area contributed by atoms with Crippen molar-refractivity contribution < 1.29 is 4.74 Å². The van der Waals surface area contributed by atoms with Crippen LogP contribution >= 0.6 is 27.5 Å². The van der Waals surface area contributed by atoms with Gasteiger partial charge in [0.2, 0.25) is 5.88 Å². The summed E-state index contributed by atoms with van der Waals surface area (Å²) in [4.78, 5) is 8.66. The standard InChI is InChI=1S/C15H17BrClN3O/c1-3-6-18-13(10-4-5-12(17)11(16)9-10)14-15(21-2)20-8-7-19-14/h4-5,7-9,13,18H,3,6H2,1-2H3. The monoisotopic (exact) mass is 369 g/mol. The highest BCUT2D eigenvalue weighted by Crippen LogP contribution is 2.31. The van der Waals surface area contributed by atoms with Crippen molar-refractivity contribution in [3.63, 3.8) is 0 Å². The molecular weight excluding hydrogens is 354 g/mol. The Kier molecular flexibility index (Phi) is 5.96. The second-order valence-corrected chi connectivity index (χ2v) is 5.77. The van der Waals surface area contributed by atoms with E-state index < -0.39 is 0 Å². The highest BCUT2D eigenvalue weighted by atomic mass is 79.9. The molecule has 0 saturated carbocycles. The maximum Gasteiger partial charge on any atom is 0.237 e. The molecule has 0 saturated heterocycles. The summed E-state index contributed by atoms with van der Waals surface area (Å²) in [6.45, 7) is 2.99. The largest absolute Gasteiger partial charge is 0.480 e. The zero-order valence-electron chi connectivity index (χ0n) is 11.9. The van der Waals surface area contributed by atoms with E-state index in [0.717, 1.165) is 28.7 Å². The number of nitrogens with one attached hydrogen (secondary N) is 1. The number of rotatable bonds is 6. The number of hydrogen-bond acceptors (Lipinski definition) is 4. The predicted octanol–water partition coefficient (Wildman–Crippen LogP) is 3.99. The van der Waals surface area contributed by atoms with Gasteiger partial charge in [0.25, 0.3) is 0 Å².